The van der Waals surface area contributed by atoms with Crippen molar-refractivity contribution < 1.29 is 9.50 Å². The summed E-state index contributed by atoms with van der Waals surface area (Å²) < 4.78 is 13.9. The van der Waals surface area contributed by atoms with Crippen molar-refractivity contribution in [2.45, 2.75) is 31.9 Å². The zero-order valence-corrected chi connectivity index (χ0v) is 7.68. The van der Waals surface area contributed by atoms with Crippen LogP contribution in [0.15, 0.2) is 18.2 Å². The van der Waals surface area contributed by atoms with Crippen LogP contribution in [0.25, 0.3) is 0 Å². The van der Waals surface area contributed by atoms with Gasteiger partial charge in [-0.2, -0.15) is 0 Å². The lowest BCUT2D eigenvalue weighted by Crippen LogP contribution is -2.21. The lowest BCUT2D eigenvalue weighted by molar-refractivity contribution is 0.162. The first-order chi connectivity index (χ1) is 6.09. The molecule has 0 amide bonds. The maximum absolute atomic E-state index is 13.9. The predicted molar refractivity (Wildman–Crippen MR) is 49.5 cm³/mol. The van der Waals surface area contributed by atoms with Gasteiger partial charge in [-0.1, -0.05) is 6.07 Å². The van der Waals surface area contributed by atoms with E-state index in [-0.39, 0.29) is 5.75 Å². The van der Waals surface area contributed by atoms with Crippen LogP contribution in [0.4, 0.5) is 4.39 Å². The molecule has 1 aliphatic rings. The smallest absolute Gasteiger partial charge is 0.133 e. The van der Waals surface area contributed by atoms with Gasteiger partial charge in [-0.25, -0.2) is 4.39 Å². The molecule has 1 N–H and O–H groups in total. The Labute approximate surface area is 77.2 Å². The molecule has 1 nitrogen and oxygen atoms in total. The van der Waals surface area contributed by atoms with Crippen LogP contribution in [-0.2, 0) is 12.1 Å². The summed E-state index contributed by atoms with van der Waals surface area (Å²) in [4.78, 5) is 0. The van der Waals surface area contributed by atoms with Crippen LogP contribution in [0.3, 0.4) is 0 Å². The Balaban J connectivity index is 2.53. The number of aromatic hydroxyl groups is 1. The lowest BCUT2D eigenvalue weighted by Gasteiger charge is -2.28. The second-order valence-electron chi connectivity index (χ2n) is 3.89. The summed E-state index contributed by atoms with van der Waals surface area (Å²) in [6.07, 6.45) is 2.33. The highest BCUT2D eigenvalue weighted by molar-refractivity contribution is 5.39. The van der Waals surface area contributed by atoms with E-state index in [1.54, 1.807) is 25.1 Å². The van der Waals surface area contributed by atoms with Crippen molar-refractivity contribution in [2.24, 2.45) is 0 Å². The molecule has 0 spiro atoms. The molecule has 0 bridgehead atoms. The molecule has 2 heteroatoms. The Bertz CT molecular complexity index is 331. The average molecular weight is 180 g/mol. The number of fused-ring (bicyclic) bond motifs is 1. The van der Waals surface area contributed by atoms with E-state index >= 15 is 0 Å². The van der Waals surface area contributed by atoms with Gasteiger partial charge in [0.1, 0.15) is 11.4 Å². The van der Waals surface area contributed by atoms with E-state index in [1.807, 2.05) is 0 Å². The number of halogens is 1. The van der Waals surface area contributed by atoms with E-state index in [0.717, 1.165) is 24.0 Å². The first kappa shape index (κ1) is 8.54. The van der Waals surface area contributed by atoms with Gasteiger partial charge in [0.15, 0.2) is 0 Å². The first-order valence-electron chi connectivity index (χ1n) is 4.61. The average Bonchev–Trinajstić information content (AvgIpc) is 2.02. The third kappa shape index (κ3) is 1.41. The molecule has 1 aromatic rings. The normalized spacial score (nSPS) is 26.9. The monoisotopic (exact) mass is 180 g/mol. The van der Waals surface area contributed by atoms with Gasteiger partial charge in [-0.05, 0) is 49.4 Å². The van der Waals surface area contributed by atoms with Gasteiger partial charge in [-0.3, -0.25) is 0 Å². The molecule has 1 aromatic carbocycles. The van der Waals surface area contributed by atoms with Gasteiger partial charge in [0, 0.05) is 0 Å². The molecule has 0 aliphatic heterocycles. The molecule has 0 fully saturated rings. The van der Waals surface area contributed by atoms with E-state index in [0.29, 0.717) is 6.42 Å². The van der Waals surface area contributed by atoms with Gasteiger partial charge in [0.2, 0.25) is 0 Å². The standard InChI is InChI=1S/C11H13FO/c1-11(12)6-2-3-8-7-9(13)4-5-10(8)11/h4-5,7,13H,2-3,6H2,1H3. The molecule has 2 rings (SSSR count). The summed E-state index contributed by atoms with van der Waals surface area (Å²) in [6.45, 7) is 1.61. The van der Waals surface area contributed by atoms with Crippen LogP contribution in [0.1, 0.15) is 30.9 Å². The predicted octanol–water partition coefficient (Wildman–Crippen LogP) is 2.91. The molecule has 70 valence electrons. The number of hydrogen-bond acceptors (Lipinski definition) is 1. The molecule has 0 heterocycles. The molecule has 1 unspecified atom stereocenters. The van der Waals surface area contributed by atoms with Crippen molar-refractivity contribution in [2.75, 3.05) is 0 Å². The maximum atomic E-state index is 13.9. The summed E-state index contributed by atoms with van der Waals surface area (Å²) in [5.74, 6) is 0.233. The minimum atomic E-state index is -1.21. The van der Waals surface area contributed by atoms with Gasteiger partial charge in [0.25, 0.3) is 0 Å². The Hall–Kier alpha value is -1.05. The number of alkyl halides is 1. The number of phenols is 1. The highest BCUT2D eigenvalue weighted by Gasteiger charge is 2.31. The van der Waals surface area contributed by atoms with Crippen LogP contribution in [-0.4, -0.2) is 5.11 Å². The fourth-order valence-electron chi connectivity index (χ4n) is 2.04. The molecule has 0 aromatic heterocycles. The molecule has 0 radical (unpaired) electrons. The Morgan fingerprint density at radius 3 is 3.00 bits per heavy atom. The largest absolute Gasteiger partial charge is 0.508 e. The van der Waals surface area contributed by atoms with Gasteiger partial charge >= 0.3 is 0 Å². The topological polar surface area (TPSA) is 20.2 Å². The number of rotatable bonds is 0. The highest BCUT2D eigenvalue weighted by atomic mass is 19.1. The highest BCUT2D eigenvalue weighted by Crippen LogP contribution is 2.39. The number of hydrogen-bond donors (Lipinski definition) is 1. The van der Waals surface area contributed by atoms with E-state index in [4.69, 9.17) is 0 Å². The minimum Gasteiger partial charge on any atom is -0.508 e. The van der Waals surface area contributed by atoms with Crippen molar-refractivity contribution in [3.05, 3.63) is 29.3 Å². The number of benzene rings is 1. The fourth-order valence-corrected chi connectivity index (χ4v) is 2.04. The van der Waals surface area contributed by atoms with Gasteiger partial charge in [-0.15, -0.1) is 0 Å². The summed E-state index contributed by atoms with van der Waals surface area (Å²) in [5.41, 5.74) is 0.495. The van der Waals surface area contributed by atoms with Crippen molar-refractivity contribution in [1.82, 2.24) is 0 Å². The third-order valence-corrected chi connectivity index (χ3v) is 2.74. The fraction of sp³-hybridized carbons (Fsp3) is 0.455. The molecule has 1 aliphatic carbocycles. The minimum absolute atomic E-state index is 0.233. The molecule has 0 saturated carbocycles. The van der Waals surface area contributed by atoms with E-state index < -0.39 is 5.67 Å². The number of aryl methyl sites for hydroxylation is 1. The van der Waals surface area contributed by atoms with Crippen LogP contribution in [0.2, 0.25) is 0 Å². The molecular weight excluding hydrogens is 167 g/mol. The molecule has 1 atom stereocenters. The zero-order chi connectivity index (χ0) is 9.47. The SMILES string of the molecule is CC1(F)CCCc2cc(O)ccc21. The molecular formula is C11H13FO. The van der Waals surface area contributed by atoms with Gasteiger partial charge in [0.05, 0.1) is 0 Å². The van der Waals surface area contributed by atoms with E-state index in [2.05, 4.69) is 0 Å². The Morgan fingerprint density at radius 1 is 1.46 bits per heavy atom. The van der Waals surface area contributed by atoms with Crippen LogP contribution < -0.4 is 0 Å². The van der Waals surface area contributed by atoms with Crippen molar-refractivity contribution in [1.29, 1.82) is 0 Å². The second-order valence-corrected chi connectivity index (χ2v) is 3.89. The van der Waals surface area contributed by atoms with Crippen LogP contribution in [0.5, 0.6) is 5.75 Å². The third-order valence-electron chi connectivity index (χ3n) is 2.74. The summed E-state index contributed by atoms with van der Waals surface area (Å²) in [6, 6.07) is 4.93. The zero-order valence-electron chi connectivity index (χ0n) is 7.68. The van der Waals surface area contributed by atoms with Gasteiger partial charge < -0.3 is 5.11 Å². The quantitative estimate of drug-likeness (QED) is 0.650. The van der Waals surface area contributed by atoms with E-state index in [9.17, 15) is 9.50 Å². The van der Waals surface area contributed by atoms with Crippen molar-refractivity contribution in [3.8, 4) is 5.75 Å². The summed E-state index contributed by atoms with van der Waals surface area (Å²) in [7, 11) is 0. The Morgan fingerprint density at radius 2 is 2.23 bits per heavy atom. The Kier molecular flexibility index (Phi) is 1.79. The second kappa shape index (κ2) is 2.72. The molecule has 13 heavy (non-hydrogen) atoms. The summed E-state index contributed by atoms with van der Waals surface area (Å²) in [5, 5.41) is 9.24. The van der Waals surface area contributed by atoms with Crippen molar-refractivity contribution >= 4 is 0 Å². The summed E-state index contributed by atoms with van der Waals surface area (Å²) >= 11 is 0. The molecule has 0 saturated heterocycles. The van der Waals surface area contributed by atoms with Crippen LogP contribution in [0, 0.1) is 0 Å². The van der Waals surface area contributed by atoms with E-state index in [1.165, 1.54) is 0 Å². The first-order valence-corrected chi connectivity index (χ1v) is 4.61. The number of phenolic OH excluding ortho intramolecular Hbond substituents is 1. The maximum Gasteiger partial charge on any atom is 0.133 e. The van der Waals surface area contributed by atoms with Crippen molar-refractivity contribution in [3.63, 3.8) is 0 Å². The van der Waals surface area contributed by atoms with Crippen LogP contribution >= 0.6 is 0 Å². The lowest BCUT2D eigenvalue weighted by atomic mass is 9.82.